The quantitative estimate of drug-likeness (QED) is 0.641. The summed E-state index contributed by atoms with van der Waals surface area (Å²) >= 11 is 0. The Morgan fingerprint density at radius 2 is 1.83 bits per heavy atom. The van der Waals surface area contributed by atoms with Crippen LogP contribution in [0.4, 0.5) is 0 Å². The van der Waals surface area contributed by atoms with Crippen LogP contribution in [0, 0.1) is 28.6 Å². The lowest BCUT2D eigenvalue weighted by molar-refractivity contribution is -0.152. The normalized spacial score (nSPS) is 63.4. The Morgan fingerprint density at radius 3 is 2.58 bits per heavy atom. The number of hydrogen-bond donors (Lipinski definition) is 0. The molecule has 0 amide bonds. The standard InChI is InChI=1S/C20H26O4/c1-17-7-5-13-11(12(17)3-4-15(17)22)9-19(10-23-19)20-16(24-20)14(21)6-8-18(13,20)2/h11-13,16H,3-10H2,1-2H3/t11-,12-,13-,16+,17-,18+,19+,20+/m0/s1. The van der Waals surface area contributed by atoms with Crippen molar-refractivity contribution in [1.29, 1.82) is 0 Å². The fraction of sp³-hybridized carbons (Fsp3) is 0.900. The van der Waals surface area contributed by atoms with E-state index >= 15 is 0 Å². The predicted molar refractivity (Wildman–Crippen MR) is 85.3 cm³/mol. The lowest BCUT2D eigenvalue weighted by Gasteiger charge is -2.60. The van der Waals surface area contributed by atoms with Crippen molar-refractivity contribution in [3.05, 3.63) is 0 Å². The highest BCUT2D eigenvalue weighted by Crippen LogP contribution is 2.77. The van der Waals surface area contributed by atoms with E-state index < -0.39 is 0 Å². The molecule has 0 aromatic rings. The summed E-state index contributed by atoms with van der Waals surface area (Å²) in [6, 6.07) is 0. The summed E-state index contributed by atoms with van der Waals surface area (Å²) in [7, 11) is 0. The summed E-state index contributed by atoms with van der Waals surface area (Å²) < 4.78 is 12.3. The topological polar surface area (TPSA) is 59.2 Å². The van der Waals surface area contributed by atoms with E-state index in [1.807, 2.05) is 0 Å². The maximum atomic E-state index is 12.6. The van der Waals surface area contributed by atoms with Crippen LogP contribution in [-0.4, -0.2) is 35.5 Å². The largest absolute Gasteiger partial charge is 0.366 e. The van der Waals surface area contributed by atoms with Gasteiger partial charge < -0.3 is 9.47 Å². The molecular formula is C20H26O4. The zero-order valence-corrected chi connectivity index (χ0v) is 14.6. The minimum atomic E-state index is -0.340. The summed E-state index contributed by atoms with van der Waals surface area (Å²) in [5.74, 6) is 2.42. The van der Waals surface area contributed by atoms with Crippen molar-refractivity contribution in [1.82, 2.24) is 0 Å². The Morgan fingerprint density at radius 1 is 1.04 bits per heavy atom. The molecule has 6 rings (SSSR count). The summed E-state index contributed by atoms with van der Waals surface area (Å²) in [5, 5.41) is 0. The number of carbonyl (C=O) groups excluding carboxylic acids is 2. The van der Waals surface area contributed by atoms with Crippen LogP contribution in [0.2, 0.25) is 0 Å². The second kappa shape index (κ2) is 3.83. The first-order valence-electron chi connectivity index (χ1n) is 9.76. The highest BCUT2D eigenvalue weighted by Gasteiger charge is 2.88. The van der Waals surface area contributed by atoms with Gasteiger partial charge in [-0.15, -0.1) is 0 Å². The third-order valence-electron chi connectivity index (χ3n) is 9.35. The van der Waals surface area contributed by atoms with E-state index in [0.717, 1.165) is 45.1 Å². The minimum Gasteiger partial charge on any atom is -0.366 e. The van der Waals surface area contributed by atoms with Gasteiger partial charge in [0.25, 0.3) is 0 Å². The van der Waals surface area contributed by atoms with Crippen molar-refractivity contribution in [2.75, 3.05) is 6.61 Å². The van der Waals surface area contributed by atoms with Gasteiger partial charge in [0.05, 0.1) is 6.61 Å². The van der Waals surface area contributed by atoms with E-state index in [4.69, 9.17) is 9.47 Å². The van der Waals surface area contributed by atoms with Gasteiger partial charge >= 0.3 is 0 Å². The molecule has 0 unspecified atom stereocenters. The van der Waals surface area contributed by atoms with E-state index in [2.05, 4.69) is 13.8 Å². The van der Waals surface area contributed by atoms with E-state index in [1.165, 1.54) is 0 Å². The molecule has 6 aliphatic rings. The average Bonchev–Trinajstić information content (AvgIpc) is 3.43. The maximum Gasteiger partial charge on any atom is 0.164 e. The molecule has 4 saturated carbocycles. The van der Waals surface area contributed by atoms with Gasteiger partial charge in [-0.05, 0) is 49.9 Å². The van der Waals surface area contributed by atoms with Crippen molar-refractivity contribution in [3.8, 4) is 0 Å². The molecular weight excluding hydrogens is 304 g/mol. The molecule has 24 heavy (non-hydrogen) atoms. The van der Waals surface area contributed by atoms with Gasteiger partial charge in [-0.2, -0.15) is 0 Å². The highest BCUT2D eigenvalue weighted by atomic mass is 16.7. The highest BCUT2D eigenvalue weighted by molar-refractivity contribution is 5.90. The van der Waals surface area contributed by atoms with Gasteiger partial charge in [0, 0.05) is 23.7 Å². The summed E-state index contributed by atoms with van der Waals surface area (Å²) in [6.07, 6.45) is 6.34. The van der Waals surface area contributed by atoms with Crippen LogP contribution in [0.25, 0.3) is 0 Å². The maximum absolute atomic E-state index is 12.6. The Hall–Kier alpha value is -0.740. The number of hydrogen-bond acceptors (Lipinski definition) is 4. The van der Waals surface area contributed by atoms with Crippen LogP contribution in [-0.2, 0) is 19.1 Å². The third-order valence-corrected chi connectivity index (χ3v) is 9.35. The molecule has 0 bridgehead atoms. The third kappa shape index (κ3) is 1.26. The van der Waals surface area contributed by atoms with Crippen LogP contribution in [0.3, 0.4) is 0 Å². The lowest BCUT2D eigenvalue weighted by atomic mass is 9.42. The molecule has 8 atom stereocenters. The zero-order chi connectivity index (χ0) is 16.5. The Balaban J connectivity index is 1.47. The number of ether oxygens (including phenoxy) is 2. The van der Waals surface area contributed by atoms with Gasteiger partial charge in [-0.3, -0.25) is 9.59 Å². The molecule has 0 aromatic carbocycles. The molecule has 6 fully saturated rings. The fourth-order valence-corrected chi connectivity index (χ4v) is 7.99. The van der Waals surface area contributed by atoms with Crippen molar-refractivity contribution < 1.29 is 19.1 Å². The van der Waals surface area contributed by atoms with E-state index in [9.17, 15) is 9.59 Å². The lowest BCUT2D eigenvalue weighted by Crippen LogP contribution is -2.65. The Kier molecular flexibility index (Phi) is 2.30. The Labute approximate surface area is 142 Å². The number of Topliss-reactive ketones (excluding diaryl/α,β-unsaturated/α-hetero) is 2. The first-order valence-corrected chi connectivity index (χ1v) is 9.76. The van der Waals surface area contributed by atoms with Crippen molar-refractivity contribution >= 4 is 11.6 Å². The van der Waals surface area contributed by atoms with Crippen LogP contribution in [0.1, 0.15) is 58.8 Å². The first-order chi connectivity index (χ1) is 11.4. The number of ketones is 2. The summed E-state index contributed by atoms with van der Waals surface area (Å²) in [5.41, 5.74) is -0.634. The SMILES string of the molecule is C[C@]12CC[C@H]3[C@@H](C[C@@]4(CO4)[C@@]45O[C@@H]4C(=O)CC[C@]35C)[C@@H]1CCC2=O. The molecule has 0 radical (unpaired) electrons. The van der Waals surface area contributed by atoms with E-state index in [-0.39, 0.29) is 33.9 Å². The molecule has 2 aliphatic heterocycles. The first kappa shape index (κ1) is 14.4. The number of epoxide rings is 2. The molecule has 4 aliphatic carbocycles. The zero-order valence-electron chi connectivity index (χ0n) is 14.6. The summed E-state index contributed by atoms with van der Waals surface area (Å²) in [6.45, 7) is 5.34. The van der Waals surface area contributed by atoms with Crippen LogP contribution in [0.15, 0.2) is 0 Å². The predicted octanol–water partition coefficient (Wildman–Crippen LogP) is 2.68. The van der Waals surface area contributed by atoms with Gasteiger partial charge in [0.1, 0.15) is 23.1 Å². The second-order valence-electron chi connectivity index (χ2n) is 9.90. The van der Waals surface area contributed by atoms with E-state index in [1.54, 1.807) is 0 Å². The van der Waals surface area contributed by atoms with Crippen molar-refractivity contribution in [2.45, 2.75) is 76.1 Å². The van der Waals surface area contributed by atoms with Gasteiger partial charge in [0.2, 0.25) is 0 Å². The minimum absolute atomic E-state index is 0.0396. The van der Waals surface area contributed by atoms with Gasteiger partial charge in [0.15, 0.2) is 5.78 Å². The van der Waals surface area contributed by atoms with Gasteiger partial charge in [-0.25, -0.2) is 0 Å². The average molecular weight is 330 g/mol. The monoisotopic (exact) mass is 330 g/mol. The second-order valence-corrected chi connectivity index (χ2v) is 9.90. The number of rotatable bonds is 0. The molecule has 4 nitrogen and oxygen atoms in total. The van der Waals surface area contributed by atoms with Crippen LogP contribution < -0.4 is 0 Å². The number of fused-ring (bicyclic) bond motifs is 4. The Bertz CT molecular complexity index is 681. The fourth-order valence-electron chi connectivity index (χ4n) is 7.99. The van der Waals surface area contributed by atoms with Crippen LogP contribution in [0.5, 0.6) is 0 Å². The molecule has 2 spiro atoms. The van der Waals surface area contributed by atoms with Crippen LogP contribution >= 0.6 is 0 Å². The molecule has 130 valence electrons. The molecule has 0 N–H and O–H groups in total. The molecule has 2 saturated heterocycles. The summed E-state index contributed by atoms with van der Waals surface area (Å²) in [4.78, 5) is 24.9. The molecule has 4 heteroatoms. The number of carbonyl (C=O) groups is 2. The molecule has 0 aromatic heterocycles. The van der Waals surface area contributed by atoms with Gasteiger partial charge in [-0.1, -0.05) is 13.8 Å². The van der Waals surface area contributed by atoms with E-state index in [0.29, 0.717) is 30.0 Å². The smallest absolute Gasteiger partial charge is 0.164 e. The molecule has 2 heterocycles. The van der Waals surface area contributed by atoms with Crippen molar-refractivity contribution in [3.63, 3.8) is 0 Å². The van der Waals surface area contributed by atoms with Crippen molar-refractivity contribution in [2.24, 2.45) is 28.6 Å².